The number of ether oxygens (including phenoxy) is 1. The van der Waals surface area contributed by atoms with E-state index in [4.69, 9.17) is 4.74 Å². The fraction of sp³-hybridized carbons (Fsp3) is 0.857. The monoisotopic (exact) mass is 362 g/mol. The third kappa shape index (κ3) is 5.32. The van der Waals surface area contributed by atoms with Crippen molar-refractivity contribution in [2.24, 2.45) is 0 Å². The van der Waals surface area contributed by atoms with Crippen LogP contribution in [0.2, 0.25) is 0 Å². The molecule has 24 heavy (non-hydrogen) atoms. The van der Waals surface area contributed by atoms with Crippen LogP contribution in [-0.2, 0) is 19.7 Å². The third-order valence-electron chi connectivity index (χ3n) is 4.36. The highest BCUT2D eigenvalue weighted by molar-refractivity contribution is 7.87. The topological polar surface area (TPSA) is 108 Å². The van der Waals surface area contributed by atoms with E-state index in [1.807, 2.05) is 0 Å². The van der Waals surface area contributed by atoms with E-state index in [1.165, 1.54) is 11.4 Å². The van der Waals surface area contributed by atoms with E-state index in [1.54, 1.807) is 4.90 Å². The summed E-state index contributed by atoms with van der Waals surface area (Å²) < 4.78 is 32.6. The maximum absolute atomic E-state index is 12.3. The molecule has 2 aliphatic rings. The van der Waals surface area contributed by atoms with Crippen molar-refractivity contribution in [1.29, 1.82) is 0 Å². The van der Waals surface area contributed by atoms with Gasteiger partial charge < -0.3 is 15.0 Å². The lowest BCUT2D eigenvalue weighted by Crippen LogP contribution is -2.56. The predicted octanol–water partition coefficient (Wildman–Crippen LogP) is -0.346. The van der Waals surface area contributed by atoms with Crippen LogP contribution in [0.5, 0.6) is 0 Å². The van der Waals surface area contributed by atoms with E-state index in [-0.39, 0.29) is 44.7 Å². The van der Waals surface area contributed by atoms with Crippen LogP contribution in [0.15, 0.2) is 0 Å². The van der Waals surface area contributed by atoms with Crippen LogP contribution < -0.4 is 10.0 Å². The number of methoxy groups -OCH3 is 1. The highest BCUT2D eigenvalue weighted by atomic mass is 32.2. The fourth-order valence-corrected chi connectivity index (χ4v) is 4.10. The van der Waals surface area contributed by atoms with Crippen LogP contribution in [0.25, 0.3) is 0 Å². The van der Waals surface area contributed by atoms with Gasteiger partial charge >= 0.3 is 16.2 Å². The molecule has 2 rings (SSSR count). The van der Waals surface area contributed by atoms with Crippen molar-refractivity contribution in [2.75, 3.05) is 39.9 Å². The van der Waals surface area contributed by atoms with Crippen LogP contribution in [0.1, 0.15) is 32.1 Å². The summed E-state index contributed by atoms with van der Waals surface area (Å²) in [6.45, 7) is 0.860. The molecule has 9 nitrogen and oxygen atoms in total. The van der Waals surface area contributed by atoms with Crippen molar-refractivity contribution in [3.8, 4) is 0 Å². The molecule has 0 aromatic heterocycles. The summed E-state index contributed by atoms with van der Waals surface area (Å²) in [5.74, 6) is -0.169. The lowest BCUT2D eigenvalue weighted by Gasteiger charge is -2.33. The van der Waals surface area contributed by atoms with Gasteiger partial charge in [-0.05, 0) is 12.8 Å². The second kappa shape index (κ2) is 8.63. The van der Waals surface area contributed by atoms with Gasteiger partial charge in [-0.3, -0.25) is 4.79 Å². The van der Waals surface area contributed by atoms with Crippen molar-refractivity contribution >= 4 is 22.1 Å². The van der Waals surface area contributed by atoms with E-state index < -0.39 is 16.2 Å². The number of hydrogen-bond acceptors (Lipinski definition) is 5. The van der Waals surface area contributed by atoms with Crippen molar-refractivity contribution in [1.82, 2.24) is 19.2 Å². The lowest BCUT2D eigenvalue weighted by atomic mass is 9.96. The van der Waals surface area contributed by atoms with Gasteiger partial charge in [0, 0.05) is 39.3 Å². The molecule has 0 aromatic rings. The molecule has 0 radical (unpaired) electrons. The molecule has 1 saturated carbocycles. The second-order valence-corrected chi connectivity index (χ2v) is 7.80. The van der Waals surface area contributed by atoms with E-state index in [0.717, 1.165) is 32.1 Å². The smallest absolute Gasteiger partial charge is 0.329 e. The molecule has 0 aromatic carbocycles. The summed E-state index contributed by atoms with van der Waals surface area (Å²) in [6, 6.07) is -0.641. The first kappa shape index (κ1) is 18.9. The molecule has 0 spiro atoms. The summed E-state index contributed by atoms with van der Waals surface area (Å²) in [5, 5.41) is 2.72. The van der Waals surface area contributed by atoms with Crippen LogP contribution in [0.4, 0.5) is 4.79 Å². The maximum atomic E-state index is 12.3. The van der Waals surface area contributed by atoms with Crippen molar-refractivity contribution in [3.05, 3.63) is 0 Å². The fourth-order valence-electron chi connectivity index (χ4n) is 3.04. The van der Waals surface area contributed by atoms with Gasteiger partial charge in [0.15, 0.2) is 0 Å². The standard InChI is InChI=1S/C14H26N4O5S/c1-23-11-13(19)17-7-9-18(10-8-17)24(21,22)16-14(20)15-12-5-3-2-4-6-12/h12H,2-11H2,1H3,(H2,15,16,20). The maximum Gasteiger partial charge on any atom is 0.329 e. The minimum absolute atomic E-state index is 0.0191. The second-order valence-electron chi connectivity index (χ2n) is 6.13. The van der Waals surface area contributed by atoms with Gasteiger partial charge in [0.2, 0.25) is 5.91 Å². The first-order valence-corrected chi connectivity index (χ1v) is 9.71. The number of rotatable bonds is 5. The minimum Gasteiger partial charge on any atom is -0.375 e. The normalized spacial score (nSPS) is 20.6. The Bertz CT molecular complexity index is 539. The molecule has 2 N–H and O–H groups in total. The molecule has 1 saturated heterocycles. The number of urea groups is 1. The van der Waals surface area contributed by atoms with Gasteiger partial charge in [0.05, 0.1) is 0 Å². The highest BCUT2D eigenvalue weighted by Gasteiger charge is 2.30. The Hall–Kier alpha value is -1.39. The summed E-state index contributed by atoms with van der Waals surface area (Å²) in [6.07, 6.45) is 5.02. The molecule has 1 heterocycles. The molecule has 1 aliphatic heterocycles. The minimum atomic E-state index is -3.89. The van der Waals surface area contributed by atoms with Gasteiger partial charge in [0.25, 0.3) is 0 Å². The molecule has 10 heteroatoms. The largest absolute Gasteiger partial charge is 0.375 e. The number of piperazine rings is 1. The summed E-state index contributed by atoms with van der Waals surface area (Å²) >= 11 is 0. The van der Waals surface area contributed by atoms with Gasteiger partial charge in [-0.25, -0.2) is 9.52 Å². The molecular formula is C14H26N4O5S. The summed E-state index contributed by atoms with van der Waals surface area (Å²) in [7, 11) is -2.45. The van der Waals surface area contributed by atoms with Gasteiger partial charge in [0.1, 0.15) is 6.61 Å². The number of amides is 3. The zero-order chi connectivity index (χ0) is 17.6. The summed E-state index contributed by atoms with van der Waals surface area (Å²) in [5.41, 5.74) is 0. The Labute approximate surface area is 142 Å². The average Bonchev–Trinajstić information content (AvgIpc) is 2.55. The number of carbonyl (C=O) groups excluding carboxylic acids is 2. The first-order valence-electron chi connectivity index (χ1n) is 8.27. The van der Waals surface area contributed by atoms with Crippen LogP contribution in [0.3, 0.4) is 0 Å². The lowest BCUT2D eigenvalue weighted by molar-refractivity contribution is -0.136. The van der Waals surface area contributed by atoms with Crippen molar-refractivity contribution < 1.29 is 22.7 Å². The quantitative estimate of drug-likeness (QED) is 0.695. The van der Waals surface area contributed by atoms with Crippen molar-refractivity contribution in [3.63, 3.8) is 0 Å². The molecule has 138 valence electrons. The Kier molecular flexibility index (Phi) is 6.81. The third-order valence-corrected chi connectivity index (χ3v) is 5.85. The SMILES string of the molecule is COCC(=O)N1CCN(S(=O)(=O)NC(=O)NC2CCCCC2)CC1. The average molecular weight is 362 g/mol. The highest BCUT2D eigenvalue weighted by Crippen LogP contribution is 2.17. The zero-order valence-electron chi connectivity index (χ0n) is 14.0. The molecule has 3 amide bonds. The molecule has 0 atom stereocenters. The Morgan fingerprint density at radius 1 is 1.08 bits per heavy atom. The van der Waals surface area contributed by atoms with Crippen molar-refractivity contribution in [2.45, 2.75) is 38.1 Å². The van der Waals surface area contributed by atoms with E-state index in [2.05, 4.69) is 10.0 Å². The van der Waals surface area contributed by atoms with E-state index in [9.17, 15) is 18.0 Å². The van der Waals surface area contributed by atoms with E-state index >= 15 is 0 Å². The summed E-state index contributed by atoms with van der Waals surface area (Å²) in [4.78, 5) is 25.2. The number of nitrogens with one attached hydrogen (secondary N) is 2. The molecular weight excluding hydrogens is 336 g/mol. The molecule has 1 aliphatic carbocycles. The number of hydrogen-bond donors (Lipinski definition) is 2. The van der Waals surface area contributed by atoms with Gasteiger partial charge in [-0.1, -0.05) is 19.3 Å². The zero-order valence-corrected chi connectivity index (χ0v) is 14.8. The van der Waals surface area contributed by atoms with Gasteiger partial charge in [-0.15, -0.1) is 0 Å². The van der Waals surface area contributed by atoms with Gasteiger partial charge in [-0.2, -0.15) is 12.7 Å². The number of nitrogens with zero attached hydrogens (tertiary/aromatic N) is 2. The van der Waals surface area contributed by atoms with E-state index in [0.29, 0.717) is 0 Å². The Morgan fingerprint density at radius 2 is 1.71 bits per heavy atom. The van der Waals surface area contributed by atoms with Crippen LogP contribution in [0, 0.1) is 0 Å². The molecule has 0 unspecified atom stereocenters. The first-order chi connectivity index (χ1) is 11.4. The molecule has 0 bridgehead atoms. The number of carbonyl (C=O) groups is 2. The van der Waals surface area contributed by atoms with Crippen LogP contribution in [-0.4, -0.2) is 75.5 Å². The Morgan fingerprint density at radius 3 is 2.29 bits per heavy atom. The molecule has 2 fully saturated rings. The van der Waals surface area contributed by atoms with Crippen LogP contribution >= 0.6 is 0 Å². The Balaban J connectivity index is 1.80. The predicted molar refractivity (Wildman–Crippen MR) is 87.5 cm³/mol.